The molecule has 0 spiro atoms. The summed E-state index contributed by atoms with van der Waals surface area (Å²) in [6.07, 6.45) is 3.65. The Bertz CT molecular complexity index is 659. The van der Waals surface area contributed by atoms with Crippen LogP contribution < -0.4 is 11.2 Å². The van der Waals surface area contributed by atoms with Gasteiger partial charge in [0.05, 0.1) is 6.33 Å². The Morgan fingerprint density at radius 1 is 1.50 bits per heavy atom. The molecule has 2 aromatic heterocycles. The van der Waals surface area contributed by atoms with Gasteiger partial charge in [-0.15, -0.1) is 0 Å². The highest BCUT2D eigenvalue weighted by atomic mass is 16.2. The van der Waals surface area contributed by atoms with Crippen molar-refractivity contribution in [3.63, 3.8) is 0 Å². The Kier molecular flexibility index (Phi) is 1.80. The molecule has 2 aromatic rings. The summed E-state index contributed by atoms with van der Waals surface area (Å²) in [6.45, 7) is 0.528. The lowest BCUT2D eigenvalue weighted by Crippen LogP contribution is -2.39. The van der Waals surface area contributed by atoms with Gasteiger partial charge in [-0.25, -0.2) is 9.78 Å². The fourth-order valence-electron chi connectivity index (χ4n) is 1.91. The summed E-state index contributed by atoms with van der Waals surface area (Å²) < 4.78 is 2.72. The second-order valence-corrected chi connectivity index (χ2v) is 4.30. The minimum atomic E-state index is -0.281. The maximum absolute atomic E-state index is 12.0. The van der Waals surface area contributed by atoms with Crippen LogP contribution >= 0.6 is 0 Å². The van der Waals surface area contributed by atoms with Crippen LogP contribution in [-0.2, 0) is 13.6 Å². The van der Waals surface area contributed by atoms with E-state index in [0.717, 1.165) is 12.8 Å². The number of aromatic nitrogens is 4. The molecule has 6 nitrogen and oxygen atoms in total. The Hall–Kier alpha value is -1.85. The lowest BCUT2D eigenvalue weighted by Gasteiger charge is -2.06. The van der Waals surface area contributed by atoms with Gasteiger partial charge in [0.25, 0.3) is 5.56 Å². The average molecular weight is 220 g/mol. The molecule has 84 valence electrons. The topological polar surface area (TPSA) is 72.7 Å². The molecule has 0 unspecified atom stereocenters. The van der Waals surface area contributed by atoms with Crippen LogP contribution in [-0.4, -0.2) is 19.1 Å². The Morgan fingerprint density at radius 2 is 2.25 bits per heavy atom. The molecule has 0 atom stereocenters. The van der Waals surface area contributed by atoms with Gasteiger partial charge >= 0.3 is 5.69 Å². The third-order valence-corrected chi connectivity index (χ3v) is 3.05. The monoisotopic (exact) mass is 220 g/mol. The van der Waals surface area contributed by atoms with Crippen molar-refractivity contribution < 1.29 is 0 Å². The van der Waals surface area contributed by atoms with Gasteiger partial charge in [-0.05, 0) is 18.8 Å². The van der Waals surface area contributed by atoms with Crippen molar-refractivity contribution in [2.45, 2.75) is 19.4 Å². The molecule has 2 heterocycles. The van der Waals surface area contributed by atoms with Crippen molar-refractivity contribution in [3.8, 4) is 0 Å². The highest BCUT2D eigenvalue weighted by molar-refractivity contribution is 5.68. The molecule has 0 aliphatic heterocycles. The van der Waals surface area contributed by atoms with Gasteiger partial charge in [-0.1, -0.05) is 0 Å². The van der Waals surface area contributed by atoms with E-state index in [1.807, 2.05) is 0 Å². The molecule has 3 rings (SSSR count). The molecule has 1 aliphatic carbocycles. The first-order valence-electron chi connectivity index (χ1n) is 5.31. The normalized spacial score (nSPS) is 15.8. The zero-order chi connectivity index (χ0) is 11.3. The molecule has 1 N–H and O–H groups in total. The number of H-pyrrole nitrogens is 1. The zero-order valence-corrected chi connectivity index (χ0v) is 8.93. The number of hydrogen-bond donors (Lipinski definition) is 1. The van der Waals surface area contributed by atoms with Crippen LogP contribution in [0.15, 0.2) is 15.9 Å². The van der Waals surface area contributed by atoms with E-state index in [9.17, 15) is 9.59 Å². The zero-order valence-electron chi connectivity index (χ0n) is 8.93. The molecular weight excluding hydrogens is 208 g/mol. The third-order valence-electron chi connectivity index (χ3n) is 3.05. The van der Waals surface area contributed by atoms with Gasteiger partial charge in [-0.3, -0.25) is 13.9 Å². The van der Waals surface area contributed by atoms with Gasteiger partial charge in [0.15, 0.2) is 5.65 Å². The minimum Gasteiger partial charge on any atom is -0.339 e. The summed E-state index contributed by atoms with van der Waals surface area (Å²) in [7, 11) is 1.63. The van der Waals surface area contributed by atoms with E-state index in [1.54, 1.807) is 7.05 Å². The van der Waals surface area contributed by atoms with E-state index in [1.165, 1.54) is 15.5 Å². The summed E-state index contributed by atoms with van der Waals surface area (Å²) in [5, 5.41) is 0. The van der Waals surface area contributed by atoms with Crippen molar-refractivity contribution in [3.05, 3.63) is 27.2 Å². The quantitative estimate of drug-likeness (QED) is 0.763. The molecule has 1 saturated carbocycles. The predicted molar refractivity (Wildman–Crippen MR) is 58.3 cm³/mol. The molecule has 1 aliphatic rings. The summed E-state index contributed by atoms with van der Waals surface area (Å²) in [5.74, 6) is 0.491. The summed E-state index contributed by atoms with van der Waals surface area (Å²) in [4.78, 5) is 30.7. The Balaban J connectivity index is 2.33. The molecule has 0 aromatic carbocycles. The maximum Gasteiger partial charge on any atom is 0.332 e. The summed E-state index contributed by atoms with van der Waals surface area (Å²) in [6, 6.07) is 0. The molecule has 0 bridgehead atoms. The van der Waals surface area contributed by atoms with Gasteiger partial charge < -0.3 is 4.98 Å². The molecule has 0 amide bonds. The molecule has 0 saturated heterocycles. The number of aromatic amines is 1. The summed E-state index contributed by atoms with van der Waals surface area (Å²) >= 11 is 0. The largest absolute Gasteiger partial charge is 0.339 e. The fourth-order valence-corrected chi connectivity index (χ4v) is 1.91. The van der Waals surface area contributed by atoms with Crippen molar-refractivity contribution >= 4 is 11.2 Å². The van der Waals surface area contributed by atoms with Crippen molar-refractivity contribution in [2.75, 3.05) is 0 Å². The van der Waals surface area contributed by atoms with Crippen molar-refractivity contribution in [1.82, 2.24) is 19.1 Å². The van der Waals surface area contributed by atoms with Crippen LogP contribution in [0.2, 0.25) is 0 Å². The van der Waals surface area contributed by atoms with Crippen LogP contribution in [0.25, 0.3) is 11.2 Å². The van der Waals surface area contributed by atoms with Gasteiger partial charge in [0.2, 0.25) is 0 Å². The minimum absolute atomic E-state index is 0.262. The van der Waals surface area contributed by atoms with Crippen molar-refractivity contribution in [2.24, 2.45) is 13.0 Å². The van der Waals surface area contributed by atoms with E-state index in [-0.39, 0.29) is 11.2 Å². The van der Waals surface area contributed by atoms with Crippen LogP contribution in [0, 0.1) is 5.92 Å². The Morgan fingerprint density at radius 3 is 2.94 bits per heavy atom. The number of nitrogens with one attached hydrogen (secondary N) is 1. The van der Waals surface area contributed by atoms with Gasteiger partial charge in [-0.2, -0.15) is 0 Å². The first-order valence-corrected chi connectivity index (χ1v) is 5.31. The lowest BCUT2D eigenvalue weighted by atomic mass is 10.4. The SMILES string of the molecule is Cn1c(=O)n(CC2CC2)c(=O)c2[nH]cnc21. The maximum atomic E-state index is 12.0. The van der Waals surface area contributed by atoms with E-state index in [0.29, 0.717) is 23.6 Å². The highest BCUT2D eigenvalue weighted by Gasteiger charge is 2.24. The van der Waals surface area contributed by atoms with Gasteiger partial charge in [0, 0.05) is 13.6 Å². The number of aryl methyl sites for hydroxylation is 1. The molecule has 1 fully saturated rings. The second kappa shape index (κ2) is 3.07. The number of hydrogen-bond acceptors (Lipinski definition) is 3. The number of imidazole rings is 1. The second-order valence-electron chi connectivity index (χ2n) is 4.30. The first-order chi connectivity index (χ1) is 7.68. The number of rotatable bonds is 2. The molecule has 16 heavy (non-hydrogen) atoms. The van der Waals surface area contributed by atoms with Crippen LogP contribution in [0.1, 0.15) is 12.8 Å². The average Bonchev–Trinajstić information content (AvgIpc) is 2.95. The van der Waals surface area contributed by atoms with E-state index < -0.39 is 0 Å². The summed E-state index contributed by atoms with van der Waals surface area (Å²) in [5.41, 5.74) is 0.281. The van der Waals surface area contributed by atoms with E-state index in [2.05, 4.69) is 9.97 Å². The van der Waals surface area contributed by atoms with Crippen molar-refractivity contribution in [1.29, 1.82) is 0 Å². The van der Waals surface area contributed by atoms with E-state index in [4.69, 9.17) is 0 Å². The standard InChI is InChI=1S/C10H12N4O2/c1-13-8-7(11-5-12-8)9(15)14(10(13)16)4-6-2-3-6/h5-6H,2-4H2,1H3,(H,11,12). The fraction of sp³-hybridized carbons (Fsp3) is 0.500. The van der Waals surface area contributed by atoms with Crippen LogP contribution in [0.5, 0.6) is 0 Å². The molecule has 0 radical (unpaired) electrons. The number of fused-ring (bicyclic) bond motifs is 1. The third kappa shape index (κ3) is 1.22. The Labute approximate surface area is 90.5 Å². The van der Waals surface area contributed by atoms with Crippen LogP contribution in [0.3, 0.4) is 0 Å². The first kappa shape index (κ1) is 9.38. The molecule has 6 heteroatoms. The van der Waals surface area contributed by atoms with Crippen LogP contribution in [0.4, 0.5) is 0 Å². The molecular formula is C10H12N4O2. The van der Waals surface area contributed by atoms with E-state index >= 15 is 0 Å². The van der Waals surface area contributed by atoms with Gasteiger partial charge in [0.1, 0.15) is 5.52 Å². The lowest BCUT2D eigenvalue weighted by molar-refractivity contribution is 0.558. The number of nitrogens with zero attached hydrogens (tertiary/aromatic N) is 3. The highest BCUT2D eigenvalue weighted by Crippen LogP contribution is 2.29. The smallest absolute Gasteiger partial charge is 0.332 e. The predicted octanol–water partition coefficient (Wildman–Crippen LogP) is -0.167.